The van der Waals surface area contributed by atoms with Crippen LogP contribution in [0.2, 0.25) is 5.02 Å². The highest BCUT2D eigenvalue weighted by atomic mass is 35.5. The van der Waals surface area contributed by atoms with Gasteiger partial charge in [-0.2, -0.15) is 5.10 Å². The number of hydrogen-bond donors (Lipinski definition) is 0. The maximum Gasteiger partial charge on any atom is 0.0818 e. The van der Waals surface area contributed by atoms with Crippen molar-refractivity contribution in [1.29, 1.82) is 0 Å². The SMILES string of the molecule is Cn1ncc(Cl)c1CCCl. The van der Waals surface area contributed by atoms with Gasteiger partial charge in [0.1, 0.15) is 0 Å². The fourth-order valence-corrected chi connectivity index (χ4v) is 1.25. The summed E-state index contributed by atoms with van der Waals surface area (Å²) in [5.74, 6) is 0.583. The molecule has 0 fully saturated rings. The zero-order valence-electron chi connectivity index (χ0n) is 5.64. The first-order chi connectivity index (χ1) is 4.75. The molecule has 2 nitrogen and oxygen atoms in total. The molecule has 0 amide bonds. The molecule has 1 aromatic rings. The molecular weight excluding hydrogens is 171 g/mol. The van der Waals surface area contributed by atoms with Crippen LogP contribution in [-0.2, 0) is 13.5 Å². The molecule has 0 atom stereocenters. The Hall–Kier alpha value is -0.210. The highest BCUT2D eigenvalue weighted by Gasteiger charge is 2.03. The Morgan fingerprint density at radius 3 is 2.80 bits per heavy atom. The van der Waals surface area contributed by atoms with Crippen molar-refractivity contribution in [2.24, 2.45) is 7.05 Å². The van der Waals surface area contributed by atoms with Crippen molar-refractivity contribution in [2.45, 2.75) is 6.42 Å². The minimum atomic E-state index is 0.583. The summed E-state index contributed by atoms with van der Waals surface area (Å²) < 4.78 is 1.74. The molecule has 0 aromatic carbocycles. The lowest BCUT2D eigenvalue weighted by Crippen LogP contribution is -1.98. The minimum absolute atomic E-state index is 0.583. The van der Waals surface area contributed by atoms with Gasteiger partial charge in [-0.15, -0.1) is 11.6 Å². The Bertz CT molecular complexity index is 200. The van der Waals surface area contributed by atoms with Crippen molar-refractivity contribution in [3.63, 3.8) is 0 Å². The van der Waals surface area contributed by atoms with E-state index >= 15 is 0 Å². The Morgan fingerprint density at radius 2 is 2.40 bits per heavy atom. The third kappa shape index (κ3) is 1.44. The molecule has 0 radical (unpaired) electrons. The van der Waals surface area contributed by atoms with Crippen molar-refractivity contribution in [3.8, 4) is 0 Å². The molecule has 0 aliphatic rings. The summed E-state index contributed by atoms with van der Waals surface area (Å²) in [6.07, 6.45) is 2.40. The summed E-state index contributed by atoms with van der Waals surface area (Å²) in [5.41, 5.74) is 0.997. The summed E-state index contributed by atoms with van der Waals surface area (Å²) in [6.45, 7) is 0. The van der Waals surface area contributed by atoms with Crippen molar-refractivity contribution in [2.75, 3.05) is 5.88 Å². The molecule has 1 heterocycles. The van der Waals surface area contributed by atoms with Gasteiger partial charge in [-0.1, -0.05) is 11.6 Å². The second-order valence-electron chi connectivity index (χ2n) is 2.00. The first-order valence-corrected chi connectivity index (χ1v) is 3.89. The van der Waals surface area contributed by atoms with E-state index in [0.717, 1.165) is 12.1 Å². The number of aromatic nitrogens is 2. The quantitative estimate of drug-likeness (QED) is 0.633. The molecule has 10 heavy (non-hydrogen) atoms. The van der Waals surface area contributed by atoms with E-state index in [2.05, 4.69) is 5.10 Å². The van der Waals surface area contributed by atoms with E-state index in [9.17, 15) is 0 Å². The summed E-state index contributed by atoms with van der Waals surface area (Å²) in [5, 5.41) is 4.66. The predicted molar refractivity (Wildman–Crippen MR) is 42.6 cm³/mol. The first kappa shape index (κ1) is 7.89. The molecule has 0 saturated carbocycles. The van der Waals surface area contributed by atoms with Gasteiger partial charge in [0, 0.05) is 19.3 Å². The zero-order valence-corrected chi connectivity index (χ0v) is 7.15. The Balaban J connectivity index is 2.87. The van der Waals surface area contributed by atoms with Gasteiger partial charge in [-0.3, -0.25) is 4.68 Å². The number of halogens is 2. The van der Waals surface area contributed by atoms with Gasteiger partial charge >= 0.3 is 0 Å². The number of alkyl halides is 1. The van der Waals surface area contributed by atoms with Crippen LogP contribution < -0.4 is 0 Å². The zero-order chi connectivity index (χ0) is 7.56. The topological polar surface area (TPSA) is 17.8 Å². The Morgan fingerprint density at radius 1 is 1.70 bits per heavy atom. The monoisotopic (exact) mass is 178 g/mol. The van der Waals surface area contributed by atoms with Gasteiger partial charge in [-0.25, -0.2) is 0 Å². The molecule has 0 aliphatic carbocycles. The fourth-order valence-electron chi connectivity index (χ4n) is 0.807. The number of hydrogen-bond acceptors (Lipinski definition) is 1. The lowest BCUT2D eigenvalue weighted by atomic mass is 10.3. The van der Waals surface area contributed by atoms with Gasteiger partial charge in [0.05, 0.1) is 16.9 Å². The average Bonchev–Trinajstić information content (AvgIpc) is 2.20. The highest BCUT2D eigenvalue weighted by Crippen LogP contribution is 2.14. The van der Waals surface area contributed by atoms with Crippen LogP contribution in [0.15, 0.2) is 6.20 Å². The van der Waals surface area contributed by atoms with E-state index in [1.165, 1.54) is 0 Å². The fraction of sp³-hybridized carbons (Fsp3) is 0.500. The Labute approximate surface area is 69.7 Å². The molecule has 1 aromatic heterocycles. The van der Waals surface area contributed by atoms with Gasteiger partial charge in [-0.05, 0) is 0 Å². The number of aryl methyl sites for hydroxylation is 1. The van der Waals surface area contributed by atoms with E-state index < -0.39 is 0 Å². The summed E-state index contributed by atoms with van der Waals surface area (Å²) in [6, 6.07) is 0. The number of rotatable bonds is 2. The maximum absolute atomic E-state index is 5.78. The molecule has 0 saturated heterocycles. The molecule has 56 valence electrons. The van der Waals surface area contributed by atoms with Crippen LogP contribution in [0.1, 0.15) is 5.69 Å². The van der Waals surface area contributed by atoms with E-state index in [1.54, 1.807) is 10.9 Å². The van der Waals surface area contributed by atoms with E-state index in [1.807, 2.05) is 7.05 Å². The molecule has 4 heteroatoms. The van der Waals surface area contributed by atoms with E-state index in [4.69, 9.17) is 23.2 Å². The largest absolute Gasteiger partial charge is 0.271 e. The van der Waals surface area contributed by atoms with Gasteiger partial charge < -0.3 is 0 Å². The van der Waals surface area contributed by atoms with E-state index in [0.29, 0.717) is 10.9 Å². The van der Waals surface area contributed by atoms with Crippen molar-refractivity contribution in [1.82, 2.24) is 9.78 Å². The lowest BCUT2D eigenvalue weighted by Gasteiger charge is -1.97. The van der Waals surface area contributed by atoms with Gasteiger partial charge in [0.25, 0.3) is 0 Å². The second-order valence-corrected chi connectivity index (χ2v) is 2.79. The van der Waals surface area contributed by atoms with Crippen LogP contribution in [0, 0.1) is 0 Å². The van der Waals surface area contributed by atoms with Crippen molar-refractivity contribution in [3.05, 3.63) is 16.9 Å². The highest BCUT2D eigenvalue weighted by molar-refractivity contribution is 6.31. The summed E-state index contributed by atoms with van der Waals surface area (Å²) in [4.78, 5) is 0. The molecule has 0 spiro atoms. The lowest BCUT2D eigenvalue weighted by molar-refractivity contribution is 0.719. The second kappa shape index (κ2) is 3.26. The smallest absolute Gasteiger partial charge is 0.0818 e. The molecule has 0 N–H and O–H groups in total. The Kier molecular flexibility index (Phi) is 2.57. The predicted octanol–water partition coefficient (Wildman–Crippen LogP) is 1.85. The minimum Gasteiger partial charge on any atom is -0.271 e. The van der Waals surface area contributed by atoms with Crippen molar-refractivity contribution >= 4 is 23.2 Å². The van der Waals surface area contributed by atoms with Gasteiger partial charge in [0.2, 0.25) is 0 Å². The normalized spacial score (nSPS) is 10.3. The van der Waals surface area contributed by atoms with Crippen LogP contribution in [0.5, 0.6) is 0 Å². The standard InChI is InChI=1S/C6H8Cl2N2/c1-10-6(2-3-7)5(8)4-9-10/h4H,2-3H2,1H3. The molecule has 0 unspecified atom stereocenters. The van der Waals surface area contributed by atoms with Crippen molar-refractivity contribution < 1.29 is 0 Å². The van der Waals surface area contributed by atoms with Crippen LogP contribution in [0.4, 0.5) is 0 Å². The third-order valence-electron chi connectivity index (χ3n) is 1.34. The molecule has 0 bridgehead atoms. The molecule has 0 aliphatic heterocycles. The van der Waals surface area contributed by atoms with E-state index in [-0.39, 0.29) is 0 Å². The van der Waals surface area contributed by atoms with Crippen LogP contribution >= 0.6 is 23.2 Å². The maximum atomic E-state index is 5.78. The van der Waals surface area contributed by atoms with Gasteiger partial charge in [0.15, 0.2) is 0 Å². The van der Waals surface area contributed by atoms with Crippen LogP contribution in [0.3, 0.4) is 0 Å². The summed E-state index contributed by atoms with van der Waals surface area (Å²) in [7, 11) is 1.85. The molecular formula is C6H8Cl2N2. The van der Waals surface area contributed by atoms with Crippen LogP contribution in [0.25, 0.3) is 0 Å². The number of nitrogens with zero attached hydrogens (tertiary/aromatic N) is 2. The molecule has 1 rings (SSSR count). The summed E-state index contributed by atoms with van der Waals surface area (Å²) >= 11 is 11.3. The average molecular weight is 179 g/mol. The van der Waals surface area contributed by atoms with Crippen LogP contribution in [-0.4, -0.2) is 15.7 Å². The first-order valence-electron chi connectivity index (χ1n) is 2.98. The third-order valence-corrected chi connectivity index (χ3v) is 1.85.